The van der Waals surface area contributed by atoms with Crippen LogP contribution in [-0.4, -0.2) is 96.1 Å². The average molecular weight is 707 g/mol. The second-order valence-electron chi connectivity index (χ2n) is 15.0. The van der Waals surface area contributed by atoms with Crippen molar-refractivity contribution in [1.29, 1.82) is 0 Å². The van der Waals surface area contributed by atoms with E-state index in [9.17, 15) is 27.6 Å². The number of amides is 5. The molecule has 3 heterocycles. The SMILES string of the molecule is C=C[C@@H]1CC1(NC(=O)[C@@H]1C[C@@H]2CN1C(=O)[C@H](C(C)(C)C)NC(=O)N(C)CCC/C=C/c1ccc3ccnc(c3c1)O2)C(=O)NS(=O)(=O)C1CC1. The van der Waals surface area contributed by atoms with Gasteiger partial charge < -0.3 is 25.2 Å². The Balaban J connectivity index is 1.34. The number of aromatic nitrogens is 1. The lowest BCUT2D eigenvalue weighted by atomic mass is 9.85. The Hall–Kier alpha value is -4.46. The number of benzene rings is 1. The second-order valence-corrected chi connectivity index (χ2v) is 16.9. The molecular formula is C36H46N6O7S. The van der Waals surface area contributed by atoms with Gasteiger partial charge >= 0.3 is 6.03 Å². The fourth-order valence-corrected chi connectivity index (χ4v) is 8.09. The molecule has 13 nitrogen and oxygen atoms in total. The number of allylic oxidation sites excluding steroid dienone is 1. The Morgan fingerprint density at radius 1 is 1.18 bits per heavy atom. The highest BCUT2D eigenvalue weighted by Crippen LogP contribution is 2.45. The maximum absolute atomic E-state index is 14.5. The van der Waals surface area contributed by atoms with Crippen molar-refractivity contribution in [2.24, 2.45) is 11.3 Å². The topological polar surface area (TPSA) is 167 Å². The maximum Gasteiger partial charge on any atom is 0.317 e. The molecule has 5 amide bonds. The Morgan fingerprint density at radius 3 is 2.62 bits per heavy atom. The molecule has 14 heteroatoms. The van der Waals surface area contributed by atoms with Gasteiger partial charge in [0.1, 0.15) is 23.7 Å². The zero-order valence-electron chi connectivity index (χ0n) is 29.0. The van der Waals surface area contributed by atoms with Crippen LogP contribution in [0.15, 0.2) is 49.2 Å². The third-order valence-electron chi connectivity index (χ3n) is 10.0. The van der Waals surface area contributed by atoms with Crippen molar-refractivity contribution in [2.75, 3.05) is 20.1 Å². The van der Waals surface area contributed by atoms with Gasteiger partial charge in [-0.3, -0.25) is 19.1 Å². The normalized spacial score (nSPS) is 28.2. The molecule has 50 heavy (non-hydrogen) atoms. The largest absolute Gasteiger partial charge is 0.472 e. The first-order chi connectivity index (χ1) is 23.6. The van der Waals surface area contributed by atoms with Gasteiger partial charge in [0, 0.05) is 37.5 Å². The average Bonchev–Trinajstić information content (AvgIpc) is 3.99. The van der Waals surface area contributed by atoms with Gasteiger partial charge in [0.05, 0.1) is 11.8 Å². The number of pyridine rings is 1. The van der Waals surface area contributed by atoms with Gasteiger partial charge in [0.2, 0.25) is 27.7 Å². The Morgan fingerprint density at radius 2 is 1.94 bits per heavy atom. The van der Waals surface area contributed by atoms with Crippen LogP contribution >= 0.6 is 0 Å². The van der Waals surface area contributed by atoms with E-state index in [0.717, 1.165) is 22.8 Å². The maximum atomic E-state index is 14.5. The van der Waals surface area contributed by atoms with Gasteiger partial charge in [-0.05, 0) is 60.6 Å². The van der Waals surface area contributed by atoms with Crippen LogP contribution < -0.4 is 20.1 Å². The smallest absolute Gasteiger partial charge is 0.317 e. The fraction of sp³-hybridized carbons (Fsp3) is 0.528. The molecule has 2 aliphatic carbocycles. The van der Waals surface area contributed by atoms with Crippen LogP contribution in [0.3, 0.4) is 0 Å². The molecule has 1 aromatic heterocycles. The molecular weight excluding hydrogens is 660 g/mol. The summed E-state index contributed by atoms with van der Waals surface area (Å²) in [5.41, 5.74) is -1.32. The summed E-state index contributed by atoms with van der Waals surface area (Å²) < 4.78 is 34.0. The molecule has 6 rings (SSSR count). The number of nitrogens with zero attached hydrogens (tertiary/aromatic N) is 3. The number of urea groups is 1. The van der Waals surface area contributed by atoms with Crippen LogP contribution in [0.1, 0.15) is 64.9 Å². The standard InChI is InChI=1S/C36H46N6O7S/c1-6-24-20-36(24,33(45)40-50(47,48)26-13-14-26)39-30(43)28-19-25-21-42(28)32(44)29(35(2,3)4)38-34(46)41(5)17-9-7-8-10-22-11-12-23-15-16-37-31(49-25)27(23)18-22/h6,8,10-12,15-16,18,24-26,28-29H,1,7,9,13-14,17,19-21H2,2-5H3,(H,38,46)(H,39,43)(H,40,45)/b10-8+/t24-,25-,28+,29-,36?/m1/s1. The Bertz CT molecular complexity index is 1850. The molecule has 268 valence electrons. The first-order valence-electron chi connectivity index (χ1n) is 17.2. The monoisotopic (exact) mass is 706 g/mol. The number of rotatable bonds is 6. The predicted octanol–water partition coefficient (Wildman–Crippen LogP) is 3.12. The molecule has 3 N–H and O–H groups in total. The van der Waals surface area contributed by atoms with Crippen molar-refractivity contribution < 1.29 is 32.3 Å². The molecule has 1 aromatic carbocycles. The molecule has 2 saturated carbocycles. The number of hydrogen-bond donors (Lipinski definition) is 3. The first kappa shape index (κ1) is 35.4. The zero-order valence-corrected chi connectivity index (χ0v) is 29.8. The Labute approximate surface area is 292 Å². The minimum absolute atomic E-state index is 0.00696. The van der Waals surface area contributed by atoms with Crippen molar-refractivity contribution in [2.45, 2.75) is 88.3 Å². The van der Waals surface area contributed by atoms with E-state index in [1.807, 2.05) is 51.1 Å². The van der Waals surface area contributed by atoms with Gasteiger partial charge in [0.15, 0.2) is 0 Å². The predicted molar refractivity (Wildman–Crippen MR) is 188 cm³/mol. The molecule has 5 atom stereocenters. The number of hydrogen-bond acceptors (Lipinski definition) is 8. The van der Waals surface area contributed by atoms with E-state index in [0.29, 0.717) is 31.7 Å². The fourth-order valence-electron chi connectivity index (χ4n) is 6.72. The highest BCUT2D eigenvalue weighted by Gasteiger charge is 2.62. The van der Waals surface area contributed by atoms with Crippen molar-refractivity contribution in [3.05, 3.63) is 54.8 Å². The highest BCUT2D eigenvalue weighted by molar-refractivity contribution is 7.91. The zero-order chi connectivity index (χ0) is 36.0. The minimum Gasteiger partial charge on any atom is -0.472 e. The van der Waals surface area contributed by atoms with E-state index in [1.165, 1.54) is 15.9 Å². The summed E-state index contributed by atoms with van der Waals surface area (Å²) in [4.78, 5) is 63.0. The van der Waals surface area contributed by atoms with E-state index in [4.69, 9.17) is 4.74 Å². The number of sulfonamides is 1. The number of carbonyl (C=O) groups is 4. The van der Waals surface area contributed by atoms with Crippen LogP contribution in [-0.2, 0) is 24.4 Å². The highest BCUT2D eigenvalue weighted by atomic mass is 32.2. The third-order valence-corrected chi connectivity index (χ3v) is 11.9. The summed E-state index contributed by atoms with van der Waals surface area (Å²) in [6.45, 7) is 9.75. The summed E-state index contributed by atoms with van der Waals surface area (Å²) in [6, 6.07) is 5.32. The van der Waals surface area contributed by atoms with Crippen molar-refractivity contribution in [3.63, 3.8) is 0 Å². The number of fused-ring (bicyclic) bond motifs is 3. The van der Waals surface area contributed by atoms with E-state index in [1.54, 1.807) is 13.2 Å². The molecule has 2 aliphatic heterocycles. The van der Waals surface area contributed by atoms with E-state index in [2.05, 4.69) is 33.0 Å². The third kappa shape index (κ3) is 7.21. The van der Waals surface area contributed by atoms with Crippen LogP contribution in [0.4, 0.5) is 4.79 Å². The summed E-state index contributed by atoms with van der Waals surface area (Å²) in [6.07, 6.45) is 9.17. The minimum atomic E-state index is -3.88. The molecule has 4 aliphatic rings. The molecule has 3 fully saturated rings. The van der Waals surface area contributed by atoms with Gasteiger partial charge in [-0.25, -0.2) is 18.2 Å². The first-order valence-corrected chi connectivity index (χ1v) is 18.7. The van der Waals surface area contributed by atoms with E-state index in [-0.39, 0.29) is 19.4 Å². The number of carbonyl (C=O) groups excluding carboxylic acids is 4. The van der Waals surface area contributed by atoms with Crippen LogP contribution in [0.5, 0.6) is 5.88 Å². The van der Waals surface area contributed by atoms with E-state index < -0.39 is 74.1 Å². The summed E-state index contributed by atoms with van der Waals surface area (Å²) in [5.74, 6) is -2.07. The summed E-state index contributed by atoms with van der Waals surface area (Å²) in [7, 11) is -2.20. The lowest BCUT2D eigenvalue weighted by molar-refractivity contribution is -0.142. The van der Waals surface area contributed by atoms with E-state index >= 15 is 0 Å². The molecule has 0 radical (unpaired) electrons. The number of ether oxygens (including phenoxy) is 1. The lowest BCUT2D eigenvalue weighted by Gasteiger charge is -2.36. The van der Waals surface area contributed by atoms with Gasteiger partial charge in [-0.15, -0.1) is 6.58 Å². The summed E-state index contributed by atoms with van der Waals surface area (Å²) >= 11 is 0. The molecule has 4 bridgehead atoms. The summed E-state index contributed by atoms with van der Waals surface area (Å²) in [5, 5.41) is 6.79. The van der Waals surface area contributed by atoms with Gasteiger partial charge in [0.25, 0.3) is 5.91 Å². The Kier molecular flexibility index (Phi) is 9.44. The number of nitrogens with one attached hydrogen (secondary N) is 3. The van der Waals surface area contributed by atoms with Crippen molar-refractivity contribution >= 4 is 50.6 Å². The molecule has 1 unspecified atom stereocenters. The second kappa shape index (κ2) is 13.3. The molecule has 0 spiro atoms. The van der Waals surface area contributed by atoms with Gasteiger partial charge in [-0.2, -0.15) is 0 Å². The van der Waals surface area contributed by atoms with Crippen LogP contribution in [0.2, 0.25) is 0 Å². The van der Waals surface area contributed by atoms with Crippen molar-refractivity contribution in [3.8, 4) is 5.88 Å². The molecule has 2 aromatic rings. The molecule has 1 saturated heterocycles. The van der Waals surface area contributed by atoms with Crippen molar-refractivity contribution in [1.82, 2.24) is 30.1 Å². The lowest BCUT2D eigenvalue weighted by Crippen LogP contribution is -2.61. The van der Waals surface area contributed by atoms with Crippen LogP contribution in [0.25, 0.3) is 16.8 Å². The van der Waals surface area contributed by atoms with Gasteiger partial charge in [-0.1, -0.05) is 51.1 Å². The van der Waals surface area contributed by atoms with Crippen LogP contribution in [0, 0.1) is 11.3 Å². The quantitative estimate of drug-likeness (QED) is 0.386.